The van der Waals surface area contributed by atoms with Gasteiger partial charge in [-0.3, -0.25) is 0 Å². The SMILES string of the molecule is NCc1conc1-c1ccccc1. The zero-order valence-electron chi connectivity index (χ0n) is 7.10. The monoisotopic (exact) mass is 174 g/mol. The highest BCUT2D eigenvalue weighted by Crippen LogP contribution is 2.20. The van der Waals surface area contributed by atoms with Crippen LogP contribution in [-0.4, -0.2) is 5.16 Å². The maximum Gasteiger partial charge on any atom is 0.128 e. The average Bonchev–Trinajstić information content (AvgIpc) is 2.67. The highest BCUT2D eigenvalue weighted by molar-refractivity contribution is 5.61. The summed E-state index contributed by atoms with van der Waals surface area (Å²) < 4.78 is 4.86. The van der Waals surface area contributed by atoms with Gasteiger partial charge in [-0.2, -0.15) is 0 Å². The summed E-state index contributed by atoms with van der Waals surface area (Å²) in [4.78, 5) is 0. The van der Waals surface area contributed by atoms with Gasteiger partial charge in [0.05, 0.1) is 0 Å². The van der Waals surface area contributed by atoms with E-state index in [0.717, 1.165) is 16.8 Å². The van der Waals surface area contributed by atoms with Gasteiger partial charge in [-0.1, -0.05) is 35.5 Å². The molecule has 3 heteroatoms. The van der Waals surface area contributed by atoms with Crippen LogP contribution in [0, 0.1) is 0 Å². The third-order valence-electron chi connectivity index (χ3n) is 1.91. The normalized spacial score (nSPS) is 10.2. The van der Waals surface area contributed by atoms with Crippen LogP contribution in [0.2, 0.25) is 0 Å². The number of benzene rings is 1. The lowest BCUT2D eigenvalue weighted by atomic mass is 10.1. The van der Waals surface area contributed by atoms with Crippen molar-refractivity contribution in [2.75, 3.05) is 0 Å². The maximum absolute atomic E-state index is 5.53. The van der Waals surface area contributed by atoms with Gasteiger partial charge in [0.2, 0.25) is 0 Å². The number of hydrogen-bond acceptors (Lipinski definition) is 3. The summed E-state index contributed by atoms with van der Waals surface area (Å²) >= 11 is 0. The number of nitrogens with two attached hydrogens (primary N) is 1. The molecule has 0 amide bonds. The molecule has 0 saturated carbocycles. The summed E-state index contributed by atoms with van der Waals surface area (Å²) in [6, 6.07) is 9.86. The number of hydrogen-bond donors (Lipinski definition) is 1. The fraction of sp³-hybridized carbons (Fsp3) is 0.100. The van der Waals surface area contributed by atoms with Crippen LogP contribution in [0.1, 0.15) is 5.56 Å². The number of nitrogens with zero attached hydrogens (tertiary/aromatic N) is 1. The van der Waals surface area contributed by atoms with E-state index in [2.05, 4.69) is 5.16 Å². The van der Waals surface area contributed by atoms with Crippen LogP contribution in [0.4, 0.5) is 0 Å². The third-order valence-corrected chi connectivity index (χ3v) is 1.91. The Labute approximate surface area is 76.2 Å². The number of rotatable bonds is 2. The Balaban J connectivity index is 2.47. The molecule has 1 aromatic carbocycles. The Hall–Kier alpha value is -1.61. The van der Waals surface area contributed by atoms with E-state index in [-0.39, 0.29) is 0 Å². The van der Waals surface area contributed by atoms with Crippen LogP contribution < -0.4 is 5.73 Å². The molecule has 0 aliphatic carbocycles. The van der Waals surface area contributed by atoms with Crippen LogP contribution >= 0.6 is 0 Å². The van der Waals surface area contributed by atoms with E-state index in [9.17, 15) is 0 Å². The van der Waals surface area contributed by atoms with Gasteiger partial charge in [-0.05, 0) is 0 Å². The molecule has 0 aliphatic heterocycles. The summed E-state index contributed by atoms with van der Waals surface area (Å²) in [5.74, 6) is 0. The molecule has 0 unspecified atom stereocenters. The third kappa shape index (κ3) is 1.46. The van der Waals surface area contributed by atoms with E-state index < -0.39 is 0 Å². The molecule has 0 fully saturated rings. The molecule has 3 nitrogen and oxygen atoms in total. The van der Waals surface area contributed by atoms with Gasteiger partial charge in [-0.25, -0.2) is 0 Å². The first-order valence-corrected chi connectivity index (χ1v) is 4.10. The lowest BCUT2D eigenvalue weighted by Crippen LogP contribution is -1.96. The molecule has 2 N–H and O–H groups in total. The van der Waals surface area contributed by atoms with Crippen LogP contribution in [0.5, 0.6) is 0 Å². The molecular weight excluding hydrogens is 164 g/mol. The van der Waals surface area contributed by atoms with Crippen molar-refractivity contribution in [2.45, 2.75) is 6.54 Å². The summed E-state index contributed by atoms with van der Waals surface area (Å²) in [7, 11) is 0. The van der Waals surface area contributed by atoms with Gasteiger partial charge < -0.3 is 10.3 Å². The van der Waals surface area contributed by atoms with Crippen molar-refractivity contribution in [1.82, 2.24) is 5.16 Å². The molecule has 0 spiro atoms. The molecule has 0 bridgehead atoms. The molecule has 1 aromatic heterocycles. The summed E-state index contributed by atoms with van der Waals surface area (Å²) in [6.07, 6.45) is 1.59. The van der Waals surface area contributed by atoms with E-state index in [1.807, 2.05) is 30.3 Å². The smallest absolute Gasteiger partial charge is 0.128 e. The molecule has 0 atom stereocenters. The molecule has 66 valence electrons. The Kier molecular flexibility index (Phi) is 2.10. The Bertz CT molecular complexity index is 381. The van der Waals surface area contributed by atoms with Gasteiger partial charge in [0.25, 0.3) is 0 Å². The van der Waals surface area contributed by atoms with Gasteiger partial charge in [-0.15, -0.1) is 0 Å². The van der Waals surface area contributed by atoms with Crippen LogP contribution in [-0.2, 0) is 6.54 Å². The molecule has 0 saturated heterocycles. The molecular formula is C10H10N2O. The lowest BCUT2D eigenvalue weighted by Gasteiger charge is -1.96. The maximum atomic E-state index is 5.53. The Morgan fingerprint density at radius 3 is 2.69 bits per heavy atom. The minimum Gasteiger partial charge on any atom is -0.364 e. The predicted octanol–water partition coefficient (Wildman–Crippen LogP) is 1.80. The highest BCUT2D eigenvalue weighted by atomic mass is 16.5. The molecule has 13 heavy (non-hydrogen) atoms. The van der Waals surface area contributed by atoms with E-state index in [1.54, 1.807) is 6.26 Å². The second-order valence-corrected chi connectivity index (χ2v) is 2.76. The topological polar surface area (TPSA) is 52.0 Å². The van der Waals surface area contributed by atoms with Crippen LogP contribution in [0.25, 0.3) is 11.3 Å². The second-order valence-electron chi connectivity index (χ2n) is 2.76. The van der Waals surface area contributed by atoms with Gasteiger partial charge in [0.15, 0.2) is 0 Å². The van der Waals surface area contributed by atoms with Crippen LogP contribution in [0.15, 0.2) is 41.1 Å². The zero-order chi connectivity index (χ0) is 9.10. The van der Waals surface area contributed by atoms with Gasteiger partial charge in [0, 0.05) is 17.7 Å². The van der Waals surface area contributed by atoms with E-state index >= 15 is 0 Å². The van der Waals surface area contributed by atoms with Gasteiger partial charge in [0.1, 0.15) is 12.0 Å². The molecule has 2 aromatic rings. The Morgan fingerprint density at radius 1 is 1.23 bits per heavy atom. The van der Waals surface area contributed by atoms with Crippen LogP contribution in [0.3, 0.4) is 0 Å². The van der Waals surface area contributed by atoms with Crippen molar-refractivity contribution < 1.29 is 4.52 Å². The summed E-state index contributed by atoms with van der Waals surface area (Å²) in [5.41, 5.74) is 8.34. The minimum atomic E-state index is 0.452. The predicted molar refractivity (Wildman–Crippen MR) is 49.8 cm³/mol. The van der Waals surface area contributed by atoms with Crippen molar-refractivity contribution in [2.24, 2.45) is 5.73 Å². The fourth-order valence-corrected chi connectivity index (χ4v) is 1.24. The van der Waals surface area contributed by atoms with Crippen molar-refractivity contribution in [3.05, 3.63) is 42.2 Å². The first-order chi connectivity index (χ1) is 6.42. The first-order valence-electron chi connectivity index (χ1n) is 4.10. The largest absolute Gasteiger partial charge is 0.364 e. The van der Waals surface area contributed by atoms with Crippen molar-refractivity contribution in [3.63, 3.8) is 0 Å². The first kappa shape index (κ1) is 8.01. The van der Waals surface area contributed by atoms with E-state index in [0.29, 0.717) is 6.54 Å². The van der Waals surface area contributed by atoms with Crippen molar-refractivity contribution >= 4 is 0 Å². The average molecular weight is 174 g/mol. The molecule has 2 rings (SSSR count). The van der Waals surface area contributed by atoms with E-state index in [4.69, 9.17) is 10.3 Å². The summed E-state index contributed by atoms with van der Waals surface area (Å²) in [5, 5.41) is 3.90. The zero-order valence-corrected chi connectivity index (χ0v) is 7.10. The fourth-order valence-electron chi connectivity index (χ4n) is 1.24. The second kappa shape index (κ2) is 3.41. The number of aromatic nitrogens is 1. The standard InChI is InChI=1S/C10H10N2O/c11-6-9-7-13-12-10(9)8-4-2-1-3-5-8/h1-5,7H,6,11H2. The van der Waals surface area contributed by atoms with Crippen molar-refractivity contribution in [1.29, 1.82) is 0 Å². The van der Waals surface area contributed by atoms with Gasteiger partial charge >= 0.3 is 0 Å². The summed E-state index contributed by atoms with van der Waals surface area (Å²) in [6.45, 7) is 0.452. The minimum absolute atomic E-state index is 0.452. The van der Waals surface area contributed by atoms with Crippen molar-refractivity contribution in [3.8, 4) is 11.3 Å². The van der Waals surface area contributed by atoms with E-state index in [1.165, 1.54) is 0 Å². The Morgan fingerprint density at radius 2 is 2.00 bits per heavy atom. The highest BCUT2D eigenvalue weighted by Gasteiger charge is 2.07. The molecule has 1 heterocycles. The molecule has 0 radical (unpaired) electrons. The lowest BCUT2D eigenvalue weighted by molar-refractivity contribution is 0.421. The molecule has 0 aliphatic rings. The quantitative estimate of drug-likeness (QED) is 0.755.